The van der Waals surface area contributed by atoms with Gasteiger partial charge in [0.05, 0.1) is 6.61 Å². The number of hydrogen-bond acceptors (Lipinski definition) is 4. The minimum Gasteiger partial charge on any atom is -0.454 e. The molecule has 1 rings (SSSR count). The Kier molecular flexibility index (Phi) is 5.26. The molecule has 1 atom stereocenters. The molecule has 1 unspecified atom stereocenters. The molecule has 0 fully saturated rings. The summed E-state index contributed by atoms with van der Waals surface area (Å²) in [5, 5.41) is 9.09. The highest BCUT2D eigenvalue weighted by atomic mass is 31.1. The molecule has 0 aliphatic carbocycles. The third-order valence-electron chi connectivity index (χ3n) is 2.38. The summed E-state index contributed by atoms with van der Waals surface area (Å²) in [6, 6.07) is 5.06. The number of carbonyl (C=O) groups excluding carboxylic acids is 2. The number of aryl methyl sites for hydroxylation is 1. The van der Waals surface area contributed by atoms with Crippen LogP contribution in [-0.2, 0) is 11.3 Å². The molecule has 17 heavy (non-hydrogen) atoms. The van der Waals surface area contributed by atoms with Crippen molar-refractivity contribution in [2.45, 2.75) is 13.5 Å². The van der Waals surface area contributed by atoms with Crippen LogP contribution in [0.1, 0.15) is 21.5 Å². The van der Waals surface area contributed by atoms with Crippen LogP contribution >= 0.6 is 8.58 Å². The Bertz CT molecular complexity index is 429. The zero-order valence-electron chi connectivity index (χ0n) is 9.82. The van der Waals surface area contributed by atoms with Crippen molar-refractivity contribution >= 4 is 20.1 Å². The Morgan fingerprint density at radius 3 is 2.71 bits per heavy atom. The minimum atomic E-state index is -0.368. The fourth-order valence-corrected chi connectivity index (χ4v) is 1.52. The molecular formula is C12H15O4P. The first-order chi connectivity index (χ1) is 8.08. The lowest BCUT2D eigenvalue weighted by Crippen LogP contribution is -2.11. The molecule has 0 amide bonds. The van der Waals surface area contributed by atoms with E-state index in [1.807, 2.05) is 6.92 Å². The maximum atomic E-state index is 11.7. The lowest BCUT2D eigenvalue weighted by atomic mass is 10.0. The van der Waals surface area contributed by atoms with Gasteiger partial charge < -0.3 is 9.84 Å². The van der Waals surface area contributed by atoms with Crippen LogP contribution in [0.25, 0.3) is 0 Å². The van der Waals surface area contributed by atoms with Gasteiger partial charge in [-0.15, -0.1) is 0 Å². The van der Waals surface area contributed by atoms with Gasteiger partial charge in [-0.3, -0.25) is 4.79 Å². The van der Waals surface area contributed by atoms with Gasteiger partial charge in [-0.05, 0) is 39.4 Å². The smallest absolute Gasteiger partial charge is 0.323 e. The molecule has 1 N–H and O–H groups in total. The molecule has 0 saturated heterocycles. The first-order valence-corrected chi connectivity index (χ1v) is 6.66. The van der Waals surface area contributed by atoms with E-state index in [2.05, 4.69) is 0 Å². The van der Waals surface area contributed by atoms with E-state index in [4.69, 9.17) is 9.84 Å². The van der Waals surface area contributed by atoms with E-state index in [1.165, 1.54) is 0 Å². The molecule has 0 heterocycles. The van der Waals surface area contributed by atoms with Crippen LogP contribution in [0.3, 0.4) is 0 Å². The van der Waals surface area contributed by atoms with Crippen molar-refractivity contribution in [3.05, 3.63) is 34.9 Å². The van der Waals surface area contributed by atoms with Crippen LogP contribution in [0.5, 0.6) is 0 Å². The van der Waals surface area contributed by atoms with Crippen molar-refractivity contribution in [1.29, 1.82) is 0 Å². The van der Waals surface area contributed by atoms with Gasteiger partial charge in [-0.1, -0.05) is 12.1 Å². The van der Waals surface area contributed by atoms with Gasteiger partial charge in [0.25, 0.3) is 0 Å². The molecule has 0 radical (unpaired) electrons. The summed E-state index contributed by atoms with van der Waals surface area (Å²) < 4.78 is 4.77. The Balaban J connectivity index is 2.72. The summed E-state index contributed by atoms with van der Waals surface area (Å²) in [7, 11) is 0.0312. The molecule has 5 heteroatoms. The summed E-state index contributed by atoms with van der Waals surface area (Å²) in [6.07, 6.45) is 0. The molecule has 1 aromatic carbocycles. The largest absolute Gasteiger partial charge is 0.454 e. The summed E-state index contributed by atoms with van der Waals surface area (Å²) >= 11 is 0. The Labute approximate surface area is 102 Å². The maximum Gasteiger partial charge on any atom is 0.323 e. The number of hydrogen-bond donors (Lipinski definition) is 1. The average molecular weight is 254 g/mol. The van der Waals surface area contributed by atoms with Crippen molar-refractivity contribution in [2.75, 3.05) is 13.3 Å². The second-order valence-electron chi connectivity index (χ2n) is 3.55. The lowest BCUT2D eigenvalue weighted by molar-refractivity contribution is 0.0877. The molecule has 0 spiro atoms. The Hall–Kier alpha value is -1.25. The van der Waals surface area contributed by atoms with Crippen LogP contribution < -0.4 is 0 Å². The predicted molar refractivity (Wildman–Crippen MR) is 67.0 cm³/mol. The number of aliphatic hydroxyl groups excluding tert-OH is 1. The Morgan fingerprint density at radius 1 is 1.41 bits per heavy atom. The van der Waals surface area contributed by atoms with Crippen LogP contribution in [0.2, 0.25) is 0 Å². The van der Waals surface area contributed by atoms with E-state index in [0.717, 1.165) is 5.56 Å². The third-order valence-corrected chi connectivity index (χ3v) is 2.93. The summed E-state index contributed by atoms with van der Waals surface area (Å²) in [4.78, 5) is 22.6. The zero-order chi connectivity index (χ0) is 12.8. The monoisotopic (exact) mass is 254 g/mol. The van der Waals surface area contributed by atoms with E-state index in [-0.39, 0.29) is 33.3 Å². The van der Waals surface area contributed by atoms with Crippen LogP contribution in [0.15, 0.2) is 18.2 Å². The first-order valence-electron chi connectivity index (χ1n) is 5.16. The average Bonchev–Trinajstić information content (AvgIpc) is 2.35. The number of benzene rings is 1. The molecule has 92 valence electrons. The van der Waals surface area contributed by atoms with E-state index < -0.39 is 0 Å². The molecule has 0 aliphatic rings. The van der Waals surface area contributed by atoms with Gasteiger partial charge >= 0.3 is 5.71 Å². The third kappa shape index (κ3) is 3.91. The SMILES string of the molecule is CPC(=O)OCC(=O)c1ccc(C)c(CO)c1. The number of carbonyl (C=O) groups is 2. The molecule has 0 bridgehead atoms. The second-order valence-corrected chi connectivity index (χ2v) is 4.46. The van der Waals surface area contributed by atoms with Gasteiger partial charge in [-0.2, -0.15) is 0 Å². The highest BCUT2D eigenvalue weighted by Gasteiger charge is 2.10. The minimum absolute atomic E-state index is 0.0312. The number of rotatable bonds is 5. The Morgan fingerprint density at radius 2 is 2.12 bits per heavy atom. The maximum absolute atomic E-state index is 11.7. The first kappa shape index (κ1) is 13.8. The standard InChI is InChI=1S/C12H15O4P/c1-8-3-4-9(5-10(8)6-13)11(14)7-16-12(15)17-2/h3-5,13,17H,6-7H2,1-2H3. The van der Waals surface area contributed by atoms with Crippen molar-refractivity contribution in [3.63, 3.8) is 0 Å². The molecule has 0 saturated carbocycles. The number of aliphatic hydroxyl groups is 1. The van der Waals surface area contributed by atoms with E-state index >= 15 is 0 Å². The molecule has 1 aromatic rings. The van der Waals surface area contributed by atoms with Crippen molar-refractivity contribution in [2.24, 2.45) is 0 Å². The fraction of sp³-hybridized carbons (Fsp3) is 0.333. The van der Waals surface area contributed by atoms with E-state index in [0.29, 0.717) is 11.1 Å². The van der Waals surface area contributed by atoms with Crippen molar-refractivity contribution in [1.82, 2.24) is 0 Å². The highest BCUT2D eigenvalue weighted by molar-refractivity contribution is 7.56. The van der Waals surface area contributed by atoms with Crippen LogP contribution in [-0.4, -0.2) is 29.9 Å². The van der Waals surface area contributed by atoms with Gasteiger partial charge in [0, 0.05) is 5.56 Å². The zero-order valence-corrected chi connectivity index (χ0v) is 10.8. The van der Waals surface area contributed by atoms with Crippen LogP contribution in [0, 0.1) is 6.92 Å². The number of Topliss-reactive ketones (excluding diaryl/α,β-unsaturated/α-hetero) is 1. The molecule has 0 aliphatic heterocycles. The fourth-order valence-electron chi connectivity index (χ4n) is 1.30. The van der Waals surface area contributed by atoms with E-state index in [1.54, 1.807) is 24.9 Å². The number of ether oxygens (including phenoxy) is 1. The predicted octanol–water partition coefficient (Wildman–Crippen LogP) is 2.11. The second kappa shape index (κ2) is 6.48. The lowest BCUT2D eigenvalue weighted by Gasteiger charge is -2.06. The van der Waals surface area contributed by atoms with Crippen molar-refractivity contribution in [3.8, 4) is 0 Å². The van der Waals surface area contributed by atoms with Crippen molar-refractivity contribution < 1.29 is 19.4 Å². The van der Waals surface area contributed by atoms with Gasteiger partial charge in [0.2, 0.25) is 0 Å². The quantitative estimate of drug-likeness (QED) is 0.645. The van der Waals surface area contributed by atoms with Gasteiger partial charge in [0.1, 0.15) is 0 Å². The summed E-state index contributed by atoms with van der Waals surface area (Å²) in [6.45, 7) is 3.21. The normalized spacial score (nSPS) is 10.8. The topological polar surface area (TPSA) is 63.6 Å². The van der Waals surface area contributed by atoms with Gasteiger partial charge in [-0.25, -0.2) is 4.79 Å². The van der Waals surface area contributed by atoms with E-state index in [9.17, 15) is 9.59 Å². The van der Waals surface area contributed by atoms with Crippen LogP contribution in [0.4, 0.5) is 4.79 Å². The highest BCUT2D eigenvalue weighted by Crippen LogP contribution is 2.13. The number of ketones is 1. The summed E-state index contributed by atoms with van der Waals surface area (Å²) in [5.74, 6) is -0.258. The molecule has 4 nitrogen and oxygen atoms in total. The molecule has 0 aromatic heterocycles. The van der Waals surface area contributed by atoms with Gasteiger partial charge in [0.15, 0.2) is 12.4 Å². The molecular weight excluding hydrogens is 239 g/mol. The summed E-state index contributed by atoms with van der Waals surface area (Å²) in [5.41, 5.74) is 1.72.